The zero-order chi connectivity index (χ0) is 16.1. The molecule has 2 aromatic heterocycles. The Bertz CT molecular complexity index is 786. The van der Waals surface area contributed by atoms with E-state index in [1.807, 2.05) is 36.4 Å². The second-order valence-corrected chi connectivity index (χ2v) is 5.74. The van der Waals surface area contributed by atoms with Gasteiger partial charge < -0.3 is 15.1 Å². The number of hydrogen-bond acceptors (Lipinski definition) is 4. The van der Waals surface area contributed by atoms with Crippen LogP contribution in [0.15, 0.2) is 69.9 Å². The monoisotopic (exact) mass is 371 g/mol. The highest BCUT2D eigenvalue weighted by Crippen LogP contribution is 2.16. The number of pyridine rings is 1. The van der Waals surface area contributed by atoms with Crippen molar-refractivity contribution in [3.8, 4) is 0 Å². The molecule has 116 valence electrons. The lowest BCUT2D eigenvalue weighted by molar-refractivity contribution is 0.102. The van der Waals surface area contributed by atoms with Gasteiger partial charge in [-0.05, 0) is 48.5 Å². The van der Waals surface area contributed by atoms with Crippen molar-refractivity contribution in [1.82, 2.24) is 4.98 Å². The largest absolute Gasteiger partial charge is 0.467 e. The van der Waals surface area contributed by atoms with E-state index in [1.54, 1.807) is 24.6 Å². The molecule has 0 aliphatic heterocycles. The average molecular weight is 372 g/mol. The average Bonchev–Trinajstić information content (AvgIpc) is 3.09. The Labute approximate surface area is 141 Å². The molecule has 0 unspecified atom stereocenters. The van der Waals surface area contributed by atoms with Crippen LogP contribution in [0.3, 0.4) is 0 Å². The summed E-state index contributed by atoms with van der Waals surface area (Å²) in [7, 11) is 0. The van der Waals surface area contributed by atoms with Gasteiger partial charge in [-0.25, -0.2) is 0 Å². The van der Waals surface area contributed by atoms with Crippen LogP contribution in [-0.4, -0.2) is 10.9 Å². The van der Waals surface area contributed by atoms with Crippen molar-refractivity contribution in [2.24, 2.45) is 0 Å². The Hall–Kier alpha value is -2.60. The second kappa shape index (κ2) is 7.11. The van der Waals surface area contributed by atoms with Gasteiger partial charge in [0.2, 0.25) is 0 Å². The van der Waals surface area contributed by atoms with Gasteiger partial charge in [0.05, 0.1) is 12.8 Å². The number of carbonyl (C=O) groups excluding carboxylic acids is 1. The van der Waals surface area contributed by atoms with Crippen LogP contribution in [0.4, 0.5) is 11.4 Å². The quantitative estimate of drug-likeness (QED) is 0.701. The van der Waals surface area contributed by atoms with Crippen LogP contribution >= 0.6 is 15.9 Å². The Morgan fingerprint density at radius 1 is 1.13 bits per heavy atom. The normalized spacial score (nSPS) is 10.3. The number of carbonyl (C=O) groups is 1. The molecular weight excluding hydrogens is 358 g/mol. The molecule has 6 heteroatoms. The molecule has 0 aliphatic carbocycles. The van der Waals surface area contributed by atoms with Crippen LogP contribution in [-0.2, 0) is 6.54 Å². The molecule has 3 aromatic rings. The third-order valence-corrected chi connectivity index (χ3v) is 3.67. The van der Waals surface area contributed by atoms with Crippen LogP contribution in [0, 0.1) is 0 Å². The number of nitrogens with zero attached hydrogens (tertiary/aromatic N) is 1. The Balaban J connectivity index is 1.66. The first-order chi connectivity index (χ1) is 11.2. The number of anilines is 2. The summed E-state index contributed by atoms with van der Waals surface area (Å²) in [5, 5.41) is 6.01. The standard InChI is InChI=1S/C17H14BrN3O2/c18-12-3-5-13(6-4-12)21-17(22)16-10-14(7-8-19-16)20-11-15-2-1-9-23-15/h1-10H,11H2,(H,19,20)(H,21,22). The molecule has 0 fully saturated rings. The van der Waals surface area contributed by atoms with E-state index in [1.165, 1.54) is 0 Å². The Morgan fingerprint density at radius 2 is 1.96 bits per heavy atom. The number of rotatable bonds is 5. The van der Waals surface area contributed by atoms with Gasteiger partial charge in [-0.3, -0.25) is 9.78 Å². The fraction of sp³-hybridized carbons (Fsp3) is 0.0588. The van der Waals surface area contributed by atoms with Crippen molar-refractivity contribution in [3.63, 3.8) is 0 Å². The summed E-state index contributed by atoms with van der Waals surface area (Å²) in [6, 6.07) is 14.6. The minimum Gasteiger partial charge on any atom is -0.467 e. The Morgan fingerprint density at radius 3 is 2.70 bits per heavy atom. The number of benzene rings is 1. The molecule has 1 aromatic carbocycles. The molecule has 0 saturated carbocycles. The van der Waals surface area contributed by atoms with E-state index < -0.39 is 0 Å². The summed E-state index contributed by atoms with van der Waals surface area (Å²) in [4.78, 5) is 16.4. The Kier molecular flexibility index (Phi) is 4.73. The van der Waals surface area contributed by atoms with Crippen molar-refractivity contribution >= 4 is 33.2 Å². The molecule has 0 aliphatic rings. The van der Waals surface area contributed by atoms with Crippen LogP contribution in [0.5, 0.6) is 0 Å². The van der Waals surface area contributed by atoms with Crippen LogP contribution in [0.2, 0.25) is 0 Å². The molecular formula is C17H14BrN3O2. The van der Waals surface area contributed by atoms with Gasteiger partial charge in [0.25, 0.3) is 5.91 Å². The van der Waals surface area contributed by atoms with Gasteiger partial charge in [0.1, 0.15) is 11.5 Å². The SMILES string of the molecule is O=C(Nc1ccc(Br)cc1)c1cc(NCc2ccco2)ccn1. The minimum atomic E-state index is -0.256. The number of halogens is 1. The lowest BCUT2D eigenvalue weighted by Gasteiger charge is -2.08. The maximum atomic E-state index is 12.3. The first-order valence-electron chi connectivity index (χ1n) is 7.00. The summed E-state index contributed by atoms with van der Waals surface area (Å²) in [5.41, 5.74) is 1.86. The highest BCUT2D eigenvalue weighted by atomic mass is 79.9. The second-order valence-electron chi connectivity index (χ2n) is 4.82. The number of hydrogen-bond donors (Lipinski definition) is 2. The molecule has 2 N–H and O–H groups in total. The lowest BCUT2D eigenvalue weighted by atomic mass is 10.2. The van der Waals surface area contributed by atoms with E-state index in [4.69, 9.17) is 4.42 Å². The lowest BCUT2D eigenvalue weighted by Crippen LogP contribution is -2.14. The topological polar surface area (TPSA) is 67.2 Å². The number of aromatic nitrogens is 1. The predicted octanol–water partition coefficient (Wildman–Crippen LogP) is 4.30. The molecule has 3 rings (SSSR count). The molecule has 23 heavy (non-hydrogen) atoms. The summed E-state index contributed by atoms with van der Waals surface area (Å²) >= 11 is 3.36. The maximum Gasteiger partial charge on any atom is 0.274 e. The summed E-state index contributed by atoms with van der Waals surface area (Å²) in [5.74, 6) is 0.566. The third kappa shape index (κ3) is 4.20. The fourth-order valence-corrected chi connectivity index (χ4v) is 2.26. The third-order valence-electron chi connectivity index (χ3n) is 3.14. The molecule has 5 nitrogen and oxygen atoms in total. The van der Waals surface area contributed by atoms with Crippen molar-refractivity contribution in [2.75, 3.05) is 10.6 Å². The van der Waals surface area contributed by atoms with E-state index in [2.05, 4.69) is 31.5 Å². The molecule has 0 spiro atoms. The van der Waals surface area contributed by atoms with Crippen molar-refractivity contribution in [3.05, 3.63) is 76.9 Å². The number of nitrogens with one attached hydrogen (secondary N) is 2. The highest BCUT2D eigenvalue weighted by molar-refractivity contribution is 9.10. The van der Waals surface area contributed by atoms with E-state index in [0.29, 0.717) is 17.9 Å². The van der Waals surface area contributed by atoms with Crippen molar-refractivity contribution in [2.45, 2.75) is 6.54 Å². The van der Waals surface area contributed by atoms with Crippen molar-refractivity contribution < 1.29 is 9.21 Å². The van der Waals surface area contributed by atoms with E-state index in [0.717, 1.165) is 15.9 Å². The van der Waals surface area contributed by atoms with Crippen molar-refractivity contribution in [1.29, 1.82) is 0 Å². The summed E-state index contributed by atoms with van der Waals surface area (Å²) < 4.78 is 6.22. The smallest absolute Gasteiger partial charge is 0.274 e. The van der Waals surface area contributed by atoms with E-state index >= 15 is 0 Å². The highest BCUT2D eigenvalue weighted by Gasteiger charge is 2.08. The maximum absolute atomic E-state index is 12.3. The predicted molar refractivity (Wildman–Crippen MR) is 92.4 cm³/mol. The first-order valence-corrected chi connectivity index (χ1v) is 7.79. The van der Waals surface area contributed by atoms with Gasteiger partial charge in [0, 0.05) is 22.0 Å². The van der Waals surface area contributed by atoms with E-state index in [9.17, 15) is 4.79 Å². The molecule has 0 radical (unpaired) electrons. The molecule has 1 amide bonds. The molecule has 0 saturated heterocycles. The zero-order valence-electron chi connectivity index (χ0n) is 12.1. The summed E-state index contributed by atoms with van der Waals surface area (Å²) in [6.07, 6.45) is 3.22. The zero-order valence-corrected chi connectivity index (χ0v) is 13.7. The van der Waals surface area contributed by atoms with Crippen LogP contribution < -0.4 is 10.6 Å². The molecule has 2 heterocycles. The van der Waals surface area contributed by atoms with Gasteiger partial charge in [0.15, 0.2) is 0 Å². The molecule has 0 atom stereocenters. The van der Waals surface area contributed by atoms with Gasteiger partial charge >= 0.3 is 0 Å². The summed E-state index contributed by atoms with van der Waals surface area (Å²) in [6.45, 7) is 0.546. The van der Waals surface area contributed by atoms with E-state index in [-0.39, 0.29) is 5.91 Å². The van der Waals surface area contributed by atoms with Crippen LogP contribution in [0.25, 0.3) is 0 Å². The van der Waals surface area contributed by atoms with Gasteiger partial charge in [-0.2, -0.15) is 0 Å². The molecule has 0 bridgehead atoms. The first kappa shape index (κ1) is 15.3. The minimum absolute atomic E-state index is 0.256. The number of amides is 1. The fourth-order valence-electron chi connectivity index (χ4n) is 2.00. The number of furan rings is 1. The van der Waals surface area contributed by atoms with Crippen LogP contribution in [0.1, 0.15) is 16.2 Å². The van der Waals surface area contributed by atoms with Gasteiger partial charge in [-0.15, -0.1) is 0 Å². The van der Waals surface area contributed by atoms with Gasteiger partial charge in [-0.1, -0.05) is 15.9 Å².